The summed E-state index contributed by atoms with van der Waals surface area (Å²) in [6, 6.07) is 1.63. The summed E-state index contributed by atoms with van der Waals surface area (Å²) in [7, 11) is 0. The Morgan fingerprint density at radius 3 is 2.67 bits per heavy atom. The lowest BCUT2D eigenvalue weighted by molar-refractivity contribution is -0.143. The summed E-state index contributed by atoms with van der Waals surface area (Å²) < 4.78 is 1.85. The van der Waals surface area contributed by atoms with Gasteiger partial charge >= 0.3 is 12.0 Å². The molecule has 0 aliphatic carbocycles. The number of aliphatic carboxylic acids is 1. The van der Waals surface area contributed by atoms with Crippen molar-refractivity contribution in [1.82, 2.24) is 20.4 Å². The first-order valence-corrected chi connectivity index (χ1v) is 7.15. The SMILES string of the molecule is CCC(C)n1ccc(CNC(=O)NC(C)(CC)C(=O)O)n1. The summed E-state index contributed by atoms with van der Waals surface area (Å²) >= 11 is 0. The molecular weight excluding hydrogens is 272 g/mol. The van der Waals surface area contributed by atoms with Gasteiger partial charge in [-0.05, 0) is 32.8 Å². The maximum atomic E-state index is 11.8. The zero-order valence-corrected chi connectivity index (χ0v) is 13.0. The highest BCUT2D eigenvalue weighted by atomic mass is 16.4. The molecule has 2 unspecified atom stereocenters. The predicted octanol–water partition coefficient (Wildman–Crippen LogP) is 1.91. The van der Waals surface area contributed by atoms with E-state index in [0.717, 1.165) is 12.1 Å². The molecular formula is C14H24N4O3. The number of aromatic nitrogens is 2. The summed E-state index contributed by atoms with van der Waals surface area (Å²) in [5.74, 6) is -1.05. The third kappa shape index (κ3) is 4.47. The molecule has 2 amide bonds. The van der Waals surface area contributed by atoms with Crippen LogP contribution < -0.4 is 10.6 Å². The normalized spacial score (nSPS) is 15.0. The second-order valence-electron chi connectivity index (χ2n) is 5.34. The number of carboxylic acids is 1. The van der Waals surface area contributed by atoms with Crippen LogP contribution in [0.1, 0.15) is 52.3 Å². The average molecular weight is 296 g/mol. The minimum atomic E-state index is -1.26. The molecule has 0 radical (unpaired) electrons. The van der Waals surface area contributed by atoms with Gasteiger partial charge < -0.3 is 15.7 Å². The minimum Gasteiger partial charge on any atom is -0.480 e. The van der Waals surface area contributed by atoms with Gasteiger partial charge in [0.15, 0.2) is 0 Å². The molecule has 0 saturated carbocycles. The van der Waals surface area contributed by atoms with Crippen LogP contribution in [0.15, 0.2) is 12.3 Å². The average Bonchev–Trinajstić information content (AvgIpc) is 2.92. The van der Waals surface area contributed by atoms with Gasteiger partial charge in [0.25, 0.3) is 0 Å². The van der Waals surface area contributed by atoms with Gasteiger partial charge in [-0.15, -0.1) is 0 Å². The summed E-state index contributed by atoms with van der Waals surface area (Å²) in [6.07, 6.45) is 3.15. The number of carbonyl (C=O) groups is 2. The first-order chi connectivity index (χ1) is 9.82. The number of hydrogen-bond donors (Lipinski definition) is 3. The molecule has 0 aliphatic rings. The second-order valence-corrected chi connectivity index (χ2v) is 5.34. The summed E-state index contributed by atoms with van der Waals surface area (Å²) in [5, 5.41) is 18.6. The number of carboxylic acid groups (broad SMARTS) is 1. The molecule has 1 aromatic rings. The van der Waals surface area contributed by atoms with Gasteiger partial charge in [0.2, 0.25) is 0 Å². The second kappa shape index (κ2) is 7.10. The van der Waals surface area contributed by atoms with Crippen LogP contribution in [-0.2, 0) is 11.3 Å². The van der Waals surface area contributed by atoms with Crippen LogP contribution >= 0.6 is 0 Å². The highest BCUT2D eigenvalue weighted by Crippen LogP contribution is 2.10. The van der Waals surface area contributed by atoms with E-state index in [4.69, 9.17) is 5.11 Å². The van der Waals surface area contributed by atoms with Crippen LogP contribution in [0, 0.1) is 0 Å². The molecule has 0 bridgehead atoms. The van der Waals surface area contributed by atoms with Crippen molar-refractivity contribution in [2.75, 3.05) is 0 Å². The number of amides is 2. The fourth-order valence-electron chi connectivity index (χ4n) is 1.66. The van der Waals surface area contributed by atoms with Crippen molar-refractivity contribution < 1.29 is 14.7 Å². The fourth-order valence-corrected chi connectivity index (χ4v) is 1.66. The Labute approximate surface area is 124 Å². The number of nitrogens with one attached hydrogen (secondary N) is 2. The molecule has 7 heteroatoms. The largest absolute Gasteiger partial charge is 0.480 e. The Morgan fingerprint density at radius 2 is 2.14 bits per heavy atom. The van der Waals surface area contributed by atoms with Crippen LogP contribution in [0.25, 0.3) is 0 Å². The highest BCUT2D eigenvalue weighted by Gasteiger charge is 2.32. The van der Waals surface area contributed by atoms with Crippen LogP contribution in [0.5, 0.6) is 0 Å². The maximum absolute atomic E-state index is 11.8. The van der Waals surface area contributed by atoms with E-state index >= 15 is 0 Å². The van der Waals surface area contributed by atoms with Crippen LogP contribution in [-0.4, -0.2) is 32.4 Å². The maximum Gasteiger partial charge on any atom is 0.329 e. The molecule has 118 valence electrons. The quantitative estimate of drug-likeness (QED) is 0.716. The molecule has 1 aromatic heterocycles. The number of hydrogen-bond acceptors (Lipinski definition) is 3. The fraction of sp³-hybridized carbons (Fsp3) is 0.643. The van der Waals surface area contributed by atoms with Gasteiger partial charge in [-0.1, -0.05) is 13.8 Å². The third-order valence-corrected chi connectivity index (χ3v) is 3.70. The van der Waals surface area contributed by atoms with Crippen LogP contribution in [0.3, 0.4) is 0 Å². The van der Waals surface area contributed by atoms with Gasteiger partial charge in [0, 0.05) is 12.2 Å². The monoisotopic (exact) mass is 296 g/mol. The summed E-state index contributed by atoms with van der Waals surface area (Å²) in [5.41, 5.74) is -0.529. The molecule has 1 rings (SSSR count). The third-order valence-electron chi connectivity index (χ3n) is 3.70. The molecule has 0 aromatic carbocycles. The minimum absolute atomic E-state index is 0.259. The zero-order valence-electron chi connectivity index (χ0n) is 13.0. The smallest absolute Gasteiger partial charge is 0.329 e. The Bertz CT molecular complexity index is 500. The summed E-state index contributed by atoms with van der Waals surface area (Å²) in [6.45, 7) is 7.59. The van der Waals surface area contributed by atoms with Crippen molar-refractivity contribution >= 4 is 12.0 Å². The predicted molar refractivity (Wildman–Crippen MR) is 78.9 cm³/mol. The molecule has 0 saturated heterocycles. The van der Waals surface area contributed by atoms with Crippen molar-refractivity contribution in [3.05, 3.63) is 18.0 Å². The van der Waals surface area contributed by atoms with Crippen LogP contribution in [0.4, 0.5) is 4.79 Å². The van der Waals surface area contributed by atoms with Crippen molar-refractivity contribution in [1.29, 1.82) is 0 Å². The van der Waals surface area contributed by atoms with Crippen molar-refractivity contribution in [2.45, 2.75) is 58.7 Å². The molecule has 0 fully saturated rings. The van der Waals surface area contributed by atoms with Gasteiger partial charge in [-0.25, -0.2) is 9.59 Å². The first-order valence-electron chi connectivity index (χ1n) is 7.15. The molecule has 0 spiro atoms. The molecule has 0 aliphatic heterocycles. The number of carbonyl (C=O) groups excluding carboxylic acids is 1. The number of rotatable bonds is 7. The van der Waals surface area contributed by atoms with E-state index in [-0.39, 0.29) is 6.54 Å². The van der Waals surface area contributed by atoms with E-state index in [9.17, 15) is 9.59 Å². The van der Waals surface area contributed by atoms with Crippen LogP contribution in [0.2, 0.25) is 0 Å². The first kappa shape index (κ1) is 17.0. The highest BCUT2D eigenvalue weighted by molar-refractivity contribution is 5.85. The number of urea groups is 1. The Balaban J connectivity index is 2.53. The van der Waals surface area contributed by atoms with E-state index in [0.29, 0.717) is 12.5 Å². The van der Waals surface area contributed by atoms with Gasteiger partial charge in [-0.3, -0.25) is 4.68 Å². The topological polar surface area (TPSA) is 96.2 Å². The molecule has 3 N–H and O–H groups in total. The van der Waals surface area contributed by atoms with Crippen molar-refractivity contribution in [2.24, 2.45) is 0 Å². The Hall–Kier alpha value is -2.05. The van der Waals surface area contributed by atoms with Crippen molar-refractivity contribution in [3.8, 4) is 0 Å². The molecule has 7 nitrogen and oxygen atoms in total. The van der Waals surface area contributed by atoms with Gasteiger partial charge in [0.1, 0.15) is 5.54 Å². The molecule has 1 heterocycles. The van der Waals surface area contributed by atoms with E-state index in [1.807, 2.05) is 16.9 Å². The lowest BCUT2D eigenvalue weighted by atomic mass is 10.00. The number of nitrogens with zero attached hydrogens (tertiary/aromatic N) is 2. The van der Waals surface area contributed by atoms with Gasteiger partial charge in [0.05, 0.1) is 12.2 Å². The van der Waals surface area contributed by atoms with E-state index in [2.05, 4.69) is 29.6 Å². The van der Waals surface area contributed by atoms with E-state index < -0.39 is 17.5 Å². The van der Waals surface area contributed by atoms with Gasteiger partial charge in [-0.2, -0.15) is 5.10 Å². The Kier molecular flexibility index (Phi) is 5.75. The van der Waals surface area contributed by atoms with E-state index in [1.54, 1.807) is 6.92 Å². The summed E-state index contributed by atoms with van der Waals surface area (Å²) in [4.78, 5) is 22.9. The van der Waals surface area contributed by atoms with E-state index in [1.165, 1.54) is 6.92 Å². The lowest BCUT2D eigenvalue weighted by Crippen LogP contribution is -2.54. The lowest BCUT2D eigenvalue weighted by Gasteiger charge is -2.24. The molecule has 21 heavy (non-hydrogen) atoms. The van der Waals surface area contributed by atoms with Crippen molar-refractivity contribution in [3.63, 3.8) is 0 Å². The molecule has 2 atom stereocenters. The standard InChI is InChI=1S/C14H24N4O3/c1-5-10(3)18-8-7-11(17-18)9-15-13(21)16-14(4,6-2)12(19)20/h7-8,10H,5-6,9H2,1-4H3,(H,19,20)(H2,15,16,21). The zero-order chi connectivity index (χ0) is 16.0. The Morgan fingerprint density at radius 1 is 1.48 bits per heavy atom.